The van der Waals surface area contributed by atoms with Crippen LogP contribution in [0.25, 0.3) is 0 Å². The molecule has 3 nitrogen and oxygen atoms in total. The number of para-hydroxylation sites is 2. The summed E-state index contributed by atoms with van der Waals surface area (Å²) in [4.78, 5) is 2.27. The number of aryl methyl sites for hydroxylation is 2. The maximum Gasteiger partial charge on any atom is 0.122 e. The second kappa shape index (κ2) is 12.0. The molecule has 2 rings (SSSR count). The number of hydrogen-bond acceptors (Lipinski definition) is 3. The molecule has 25 heavy (non-hydrogen) atoms. The van der Waals surface area contributed by atoms with Gasteiger partial charge in [0.05, 0.1) is 0 Å². The van der Waals surface area contributed by atoms with Gasteiger partial charge in [-0.1, -0.05) is 36.4 Å². The quantitative estimate of drug-likeness (QED) is 0.553. The molecule has 0 saturated carbocycles. The van der Waals surface area contributed by atoms with Crippen molar-refractivity contribution in [2.24, 2.45) is 0 Å². The van der Waals surface area contributed by atoms with Gasteiger partial charge < -0.3 is 9.47 Å². The fourth-order valence-electron chi connectivity index (χ4n) is 2.46. The SMILES string of the molecule is Cc1ccccc1OCCN(CCCl)CCOc1ccccc1C.Cl. The van der Waals surface area contributed by atoms with E-state index in [2.05, 4.69) is 30.9 Å². The smallest absolute Gasteiger partial charge is 0.122 e. The van der Waals surface area contributed by atoms with Gasteiger partial charge in [0.15, 0.2) is 0 Å². The van der Waals surface area contributed by atoms with Gasteiger partial charge in [-0.3, -0.25) is 4.90 Å². The van der Waals surface area contributed by atoms with Crippen LogP contribution in [0.2, 0.25) is 0 Å². The molecule has 138 valence electrons. The van der Waals surface area contributed by atoms with Crippen molar-refractivity contribution < 1.29 is 9.47 Å². The number of ether oxygens (including phenoxy) is 2. The van der Waals surface area contributed by atoms with Crippen molar-refractivity contribution in [2.45, 2.75) is 13.8 Å². The lowest BCUT2D eigenvalue weighted by atomic mass is 10.2. The molecular weight excluding hydrogens is 357 g/mol. The summed E-state index contributed by atoms with van der Waals surface area (Å²) in [5.41, 5.74) is 2.31. The maximum atomic E-state index is 5.92. The molecule has 0 spiro atoms. The van der Waals surface area contributed by atoms with E-state index in [9.17, 15) is 0 Å². The molecule has 0 N–H and O–H groups in total. The fraction of sp³-hybridized carbons (Fsp3) is 0.400. The summed E-state index contributed by atoms with van der Waals surface area (Å²) in [6, 6.07) is 16.1. The van der Waals surface area contributed by atoms with Crippen molar-refractivity contribution in [2.75, 3.05) is 38.7 Å². The van der Waals surface area contributed by atoms with Crippen LogP contribution in [-0.2, 0) is 0 Å². The third-order valence-electron chi connectivity index (χ3n) is 3.92. The molecule has 0 atom stereocenters. The summed E-state index contributed by atoms with van der Waals surface area (Å²) < 4.78 is 11.7. The van der Waals surface area contributed by atoms with Gasteiger partial charge in [0, 0.05) is 25.5 Å². The molecule has 2 aromatic carbocycles. The summed E-state index contributed by atoms with van der Waals surface area (Å²) in [5.74, 6) is 2.49. The standard InChI is InChI=1S/C20H26ClNO2.ClH/c1-17-7-3-5-9-19(17)23-15-13-22(12-11-21)14-16-24-20-10-6-4-8-18(20)2;/h3-10H,11-16H2,1-2H3;1H. The van der Waals surface area contributed by atoms with Crippen LogP contribution >= 0.6 is 24.0 Å². The van der Waals surface area contributed by atoms with Crippen LogP contribution in [0.5, 0.6) is 11.5 Å². The average Bonchev–Trinajstić information content (AvgIpc) is 2.58. The van der Waals surface area contributed by atoms with Crippen molar-refractivity contribution in [3.63, 3.8) is 0 Å². The molecule has 0 radical (unpaired) electrons. The topological polar surface area (TPSA) is 21.7 Å². The van der Waals surface area contributed by atoms with Gasteiger partial charge >= 0.3 is 0 Å². The highest BCUT2D eigenvalue weighted by molar-refractivity contribution is 6.18. The van der Waals surface area contributed by atoms with E-state index in [1.54, 1.807) is 0 Å². The van der Waals surface area contributed by atoms with Crippen LogP contribution in [0, 0.1) is 13.8 Å². The molecule has 0 aromatic heterocycles. The Kier molecular flexibility index (Phi) is 10.4. The molecule has 0 aliphatic heterocycles. The molecular formula is C20H27Cl2NO2. The zero-order chi connectivity index (χ0) is 17.2. The highest BCUT2D eigenvalue weighted by atomic mass is 35.5. The van der Waals surface area contributed by atoms with Crippen LogP contribution < -0.4 is 9.47 Å². The van der Waals surface area contributed by atoms with Crippen molar-refractivity contribution in [3.05, 3.63) is 59.7 Å². The van der Waals surface area contributed by atoms with Crippen molar-refractivity contribution in [3.8, 4) is 11.5 Å². The van der Waals surface area contributed by atoms with Crippen LogP contribution in [0.4, 0.5) is 0 Å². The van der Waals surface area contributed by atoms with Crippen molar-refractivity contribution >= 4 is 24.0 Å². The minimum absolute atomic E-state index is 0. The third kappa shape index (κ3) is 7.55. The number of hydrogen-bond donors (Lipinski definition) is 0. The number of nitrogens with zero attached hydrogens (tertiary/aromatic N) is 1. The van der Waals surface area contributed by atoms with E-state index in [1.807, 2.05) is 36.4 Å². The Labute approximate surface area is 162 Å². The zero-order valence-corrected chi connectivity index (χ0v) is 16.5. The van der Waals surface area contributed by atoms with E-state index < -0.39 is 0 Å². The van der Waals surface area contributed by atoms with Gasteiger partial charge in [0.2, 0.25) is 0 Å². The van der Waals surface area contributed by atoms with Crippen molar-refractivity contribution in [1.82, 2.24) is 4.90 Å². The molecule has 0 fully saturated rings. The Morgan fingerprint density at radius 3 is 1.60 bits per heavy atom. The van der Waals surface area contributed by atoms with Crippen LogP contribution in [0.1, 0.15) is 11.1 Å². The summed E-state index contributed by atoms with van der Waals surface area (Å²) in [5, 5.41) is 0. The van der Waals surface area contributed by atoms with Crippen LogP contribution in [0.15, 0.2) is 48.5 Å². The minimum Gasteiger partial charge on any atom is -0.492 e. The second-order valence-corrected chi connectivity index (χ2v) is 6.14. The van der Waals surface area contributed by atoms with E-state index in [0.29, 0.717) is 19.1 Å². The molecule has 0 bridgehead atoms. The van der Waals surface area contributed by atoms with Gasteiger partial charge in [0.1, 0.15) is 24.7 Å². The first-order valence-electron chi connectivity index (χ1n) is 8.36. The van der Waals surface area contributed by atoms with Gasteiger partial charge in [-0.15, -0.1) is 24.0 Å². The van der Waals surface area contributed by atoms with Gasteiger partial charge in [0.25, 0.3) is 0 Å². The Morgan fingerprint density at radius 1 is 0.760 bits per heavy atom. The number of rotatable bonds is 10. The average molecular weight is 384 g/mol. The number of benzene rings is 2. The highest BCUT2D eigenvalue weighted by Gasteiger charge is 2.06. The van der Waals surface area contributed by atoms with Gasteiger partial charge in [-0.25, -0.2) is 0 Å². The second-order valence-electron chi connectivity index (χ2n) is 5.76. The van der Waals surface area contributed by atoms with Gasteiger partial charge in [-0.05, 0) is 37.1 Å². The predicted molar refractivity (Wildman–Crippen MR) is 108 cm³/mol. The lowest BCUT2D eigenvalue weighted by molar-refractivity contribution is 0.182. The van der Waals surface area contributed by atoms with E-state index >= 15 is 0 Å². The van der Waals surface area contributed by atoms with Crippen LogP contribution in [-0.4, -0.2) is 43.6 Å². The number of alkyl halides is 1. The van der Waals surface area contributed by atoms with Crippen molar-refractivity contribution in [1.29, 1.82) is 0 Å². The summed E-state index contributed by atoms with van der Waals surface area (Å²) in [7, 11) is 0. The first kappa shape index (κ1) is 21.6. The first-order valence-corrected chi connectivity index (χ1v) is 8.89. The van der Waals surface area contributed by atoms with Crippen LogP contribution in [0.3, 0.4) is 0 Å². The first-order chi connectivity index (χ1) is 11.7. The predicted octanol–water partition coefficient (Wildman–Crippen LogP) is 4.72. The lowest BCUT2D eigenvalue weighted by Gasteiger charge is -2.22. The Hall–Kier alpha value is -1.42. The Bertz CT molecular complexity index is 571. The normalized spacial score (nSPS) is 10.4. The molecule has 2 aromatic rings. The number of halogens is 2. The fourth-order valence-corrected chi connectivity index (χ4v) is 2.70. The molecule has 0 aliphatic carbocycles. The minimum atomic E-state index is 0. The van der Waals surface area contributed by atoms with E-state index in [1.165, 1.54) is 0 Å². The molecule has 5 heteroatoms. The van der Waals surface area contributed by atoms with E-state index in [0.717, 1.165) is 42.3 Å². The summed E-state index contributed by atoms with van der Waals surface area (Å²) in [6.07, 6.45) is 0. The Morgan fingerprint density at radius 2 is 1.20 bits per heavy atom. The largest absolute Gasteiger partial charge is 0.492 e. The summed E-state index contributed by atoms with van der Waals surface area (Å²) in [6.45, 7) is 7.90. The maximum absolute atomic E-state index is 5.92. The van der Waals surface area contributed by atoms with E-state index in [-0.39, 0.29) is 12.4 Å². The summed E-state index contributed by atoms with van der Waals surface area (Å²) >= 11 is 5.92. The molecule has 0 heterocycles. The van der Waals surface area contributed by atoms with Gasteiger partial charge in [-0.2, -0.15) is 0 Å². The zero-order valence-electron chi connectivity index (χ0n) is 14.9. The molecule has 0 amide bonds. The molecule has 0 unspecified atom stereocenters. The molecule has 0 saturated heterocycles. The Balaban J connectivity index is 0.00000312. The van der Waals surface area contributed by atoms with E-state index in [4.69, 9.17) is 21.1 Å². The lowest BCUT2D eigenvalue weighted by Crippen LogP contribution is -2.34. The molecule has 0 aliphatic rings. The highest BCUT2D eigenvalue weighted by Crippen LogP contribution is 2.17. The monoisotopic (exact) mass is 383 g/mol. The third-order valence-corrected chi connectivity index (χ3v) is 4.09.